The molecule has 0 atom stereocenters. The molecule has 0 aromatic carbocycles. The SMILES string of the molecule is CCC(N)(CC)c1nc(-c2ccoc2)cs1. The Morgan fingerprint density at radius 1 is 1.44 bits per heavy atom. The standard InChI is InChI=1S/C12H16N2OS/c1-3-12(13,4-2)11-14-10(8-16-11)9-5-6-15-7-9/h5-8H,3-4,13H2,1-2H3. The largest absolute Gasteiger partial charge is 0.472 e. The van der Waals surface area contributed by atoms with E-state index in [1.54, 1.807) is 23.9 Å². The molecule has 4 heteroatoms. The molecule has 16 heavy (non-hydrogen) atoms. The van der Waals surface area contributed by atoms with Crippen molar-refractivity contribution in [3.63, 3.8) is 0 Å². The molecule has 0 saturated carbocycles. The molecule has 0 radical (unpaired) electrons. The van der Waals surface area contributed by atoms with Crippen molar-refractivity contribution in [2.75, 3.05) is 0 Å². The summed E-state index contributed by atoms with van der Waals surface area (Å²) in [6.45, 7) is 4.20. The molecule has 2 aromatic heterocycles. The van der Waals surface area contributed by atoms with Crippen LogP contribution in [0.5, 0.6) is 0 Å². The van der Waals surface area contributed by atoms with Crippen LogP contribution in [0.25, 0.3) is 11.3 Å². The van der Waals surface area contributed by atoms with E-state index < -0.39 is 0 Å². The maximum atomic E-state index is 6.31. The van der Waals surface area contributed by atoms with Crippen LogP contribution in [0.2, 0.25) is 0 Å². The quantitative estimate of drug-likeness (QED) is 0.885. The van der Waals surface area contributed by atoms with Gasteiger partial charge in [-0.2, -0.15) is 0 Å². The average molecular weight is 236 g/mol. The van der Waals surface area contributed by atoms with E-state index >= 15 is 0 Å². The van der Waals surface area contributed by atoms with E-state index in [2.05, 4.69) is 18.8 Å². The highest BCUT2D eigenvalue weighted by atomic mass is 32.1. The summed E-state index contributed by atoms with van der Waals surface area (Å²) in [4.78, 5) is 4.60. The van der Waals surface area contributed by atoms with Gasteiger partial charge in [-0.05, 0) is 18.9 Å². The van der Waals surface area contributed by atoms with Crippen molar-refractivity contribution in [3.05, 3.63) is 29.0 Å². The summed E-state index contributed by atoms with van der Waals surface area (Å²) in [5.74, 6) is 0. The van der Waals surface area contributed by atoms with Crippen LogP contribution in [0.4, 0.5) is 0 Å². The van der Waals surface area contributed by atoms with Gasteiger partial charge in [-0.15, -0.1) is 11.3 Å². The minimum atomic E-state index is -0.285. The lowest BCUT2D eigenvalue weighted by atomic mass is 9.95. The number of thiazole rings is 1. The van der Waals surface area contributed by atoms with Crippen LogP contribution in [-0.4, -0.2) is 4.98 Å². The van der Waals surface area contributed by atoms with Gasteiger partial charge in [0.05, 0.1) is 23.8 Å². The minimum Gasteiger partial charge on any atom is -0.472 e. The normalized spacial score (nSPS) is 11.9. The number of nitrogens with zero attached hydrogens (tertiary/aromatic N) is 1. The highest BCUT2D eigenvalue weighted by molar-refractivity contribution is 7.10. The van der Waals surface area contributed by atoms with Crippen molar-refractivity contribution in [1.29, 1.82) is 0 Å². The number of aromatic nitrogens is 1. The zero-order valence-corrected chi connectivity index (χ0v) is 10.4. The van der Waals surface area contributed by atoms with E-state index in [-0.39, 0.29) is 5.54 Å². The number of rotatable bonds is 4. The van der Waals surface area contributed by atoms with Crippen LogP contribution in [0.1, 0.15) is 31.7 Å². The Balaban J connectivity index is 2.33. The molecule has 0 spiro atoms. The first-order valence-corrected chi connectivity index (χ1v) is 6.35. The maximum absolute atomic E-state index is 6.31. The lowest BCUT2D eigenvalue weighted by Crippen LogP contribution is -2.34. The summed E-state index contributed by atoms with van der Waals surface area (Å²) in [5.41, 5.74) is 7.98. The number of hydrogen-bond donors (Lipinski definition) is 1. The zero-order chi connectivity index (χ0) is 11.6. The Bertz CT molecular complexity index is 443. The van der Waals surface area contributed by atoms with Crippen LogP contribution >= 0.6 is 11.3 Å². The molecule has 0 unspecified atom stereocenters. The summed E-state index contributed by atoms with van der Waals surface area (Å²) in [7, 11) is 0. The number of nitrogens with two attached hydrogens (primary N) is 1. The van der Waals surface area contributed by atoms with E-state index in [4.69, 9.17) is 10.2 Å². The number of hydrogen-bond acceptors (Lipinski definition) is 4. The minimum absolute atomic E-state index is 0.285. The molecule has 2 N–H and O–H groups in total. The molecule has 0 fully saturated rings. The third-order valence-corrected chi connectivity index (χ3v) is 4.07. The zero-order valence-electron chi connectivity index (χ0n) is 9.56. The van der Waals surface area contributed by atoms with E-state index in [0.29, 0.717) is 0 Å². The highest BCUT2D eigenvalue weighted by Gasteiger charge is 2.26. The lowest BCUT2D eigenvalue weighted by molar-refractivity contribution is 0.411. The van der Waals surface area contributed by atoms with Crippen LogP contribution in [-0.2, 0) is 5.54 Å². The molecule has 0 saturated heterocycles. The maximum Gasteiger partial charge on any atom is 0.113 e. The van der Waals surface area contributed by atoms with E-state index in [1.165, 1.54) is 0 Å². The molecule has 0 aliphatic carbocycles. The van der Waals surface area contributed by atoms with Crippen LogP contribution < -0.4 is 5.73 Å². The molecular formula is C12H16N2OS. The molecule has 3 nitrogen and oxygen atoms in total. The van der Waals surface area contributed by atoms with Gasteiger partial charge >= 0.3 is 0 Å². The Kier molecular flexibility index (Phi) is 3.12. The van der Waals surface area contributed by atoms with Gasteiger partial charge in [0, 0.05) is 10.9 Å². The summed E-state index contributed by atoms with van der Waals surface area (Å²) in [5, 5.41) is 3.04. The van der Waals surface area contributed by atoms with E-state index in [9.17, 15) is 0 Å². The molecule has 2 aromatic rings. The van der Waals surface area contributed by atoms with Gasteiger partial charge in [-0.3, -0.25) is 0 Å². The van der Waals surface area contributed by atoms with Crippen molar-refractivity contribution in [1.82, 2.24) is 4.98 Å². The second kappa shape index (κ2) is 4.39. The first-order chi connectivity index (χ1) is 7.69. The molecule has 2 rings (SSSR count). The fourth-order valence-electron chi connectivity index (χ4n) is 1.60. The second-order valence-corrected chi connectivity index (χ2v) is 4.77. The molecule has 2 heterocycles. The first-order valence-electron chi connectivity index (χ1n) is 5.47. The molecule has 86 valence electrons. The van der Waals surface area contributed by atoms with E-state index in [1.807, 2.05) is 11.4 Å². The molecule has 0 amide bonds. The Morgan fingerprint density at radius 3 is 2.75 bits per heavy atom. The van der Waals surface area contributed by atoms with Crippen molar-refractivity contribution in [2.24, 2.45) is 5.73 Å². The van der Waals surface area contributed by atoms with Crippen LogP contribution in [0.15, 0.2) is 28.4 Å². The second-order valence-electron chi connectivity index (χ2n) is 3.91. The topological polar surface area (TPSA) is 52.0 Å². The lowest BCUT2D eigenvalue weighted by Gasteiger charge is -2.23. The predicted octanol–water partition coefficient (Wildman–Crippen LogP) is 3.38. The van der Waals surface area contributed by atoms with Gasteiger partial charge in [0.25, 0.3) is 0 Å². The summed E-state index contributed by atoms with van der Waals surface area (Å²) in [6, 6.07) is 1.91. The first kappa shape index (κ1) is 11.4. The average Bonchev–Trinajstić information content (AvgIpc) is 2.97. The Morgan fingerprint density at radius 2 is 2.19 bits per heavy atom. The Labute approximate surface area is 99.3 Å². The van der Waals surface area contributed by atoms with Crippen molar-refractivity contribution >= 4 is 11.3 Å². The summed E-state index contributed by atoms with van der Waals surface area (Å²) < 4.78 is 5.05. The van der Waals surface area contributed by atoms with Gasteiger partial charge in [-0.25, -0.2) is 4.98 Å². The third-order valence-electron chi connectivity index (χ3n) is 3.01. The highest BCUT2D eigenvalue weighted by Crippen LogP contribution is 2.31. The van der Waals surface area contributed by atoms with Gasteiger partial charge in [0.2, 0.25) is 0 Å². The third kappa shape index (κ3) is 1.90. The van der Waals surface area contributed by atoms with Gasteiger partial charge in [0.15, 0.2) is 0 Å². The molecule has 0 aliphatic heterocycles. The van der Waals surface area contributed by atoms with Crippen molar-refractivity contribution in [2.45, 2.75) is 32.2 Å². The Hall–Kier alpha value is -1.13. The van der Waals surface area contributed by atoms with Crippen molar-refractivity contribution < 1.29 is 4.42 Å². The summed E-state index contributed by atoms with van der Waals surface area (Å²) >= 11 is 1.63. The molecule has 0 bridgehead atoms. The smallest absolute Gasteiger partial charge is 0.113 e. The number of furan rings is 1. The van der Waals surface area contributed by atoms with Crippen LogP contribution in [0, 0.1) is 0 Å². The van der Waals surface area contributed by atoms with Crippen LogP contribution in [0.3, 0.4) is 0 Å². The van der Waals surface area contributed by atoms with Crippen molar-refractivity contribution in [3.8, 4) is 11.3 Å². The van der Waals surface area contributed by atoms with Gasteiger partial charge < -0.3 is 10.2 Å². The van der Waals surface area contributed by atoms with Gasteiger partial charge in [0.1, 0.15) is 5.01 Å². The fourth-order valence-corrected chi connectivity index (χ4v) is 2.68. The molecule has 0 aliphatic rings. The van der Waals surface area contributed by atoms with Gasteiger partial charge in [-0.1, -0.05) is 13.8 Å². The predicted molar refractivity (Wildman–Crippen MR) is 66.3 cm³/mol. The summed E-state index contributed by atoms with van der Waals surface area (Å²) in [6.07, 6.45) is 5.17. The monoisotopic (exact) mass is 236 g/mol. The molecular weight excluding hydrogens is 220 g/mol. The van der Waals surface area contributed by atoms with E-state index in [0.717, 1.165) is 29.1 Å². The fraction of sp³-hybridized carbons (Fsp3) is 0.417.